The van der Waals surface area contributed by atoms with E-state index in [4.69, 9.17) is 9.47 Å². The largest absolute Gasteiger partial charge is 0.494 e. The zero-order valence-electron chi connectivity index (χ0n) is 22.7. The van der Waals surface area contributed by atoms with E-state index in [2.05, 4.69) is 19.8 Å². The Kier molecular flexibility index (Phi) is 7.44. The molecule has 0 atom stereocenters. The number of nitrogens with one attached hydrogen (secondary N) is 1. The van der Waals surface area contributed by atoms with Crippen LogP contribution >= 0.6 is 0 Å². The molecular weight excluding hydrogens is 532 g/mol. The van der Waals surface area contributed by atoms with Gasteiger partial charge >= 0.3 is 0 Å². The summed E-state index contributed by atoms with van der Waals surface area (Å²) < 4.78 is 41.4. The first kappa shape index (κ1) is 27.1. The zero-order valence-corrected chi connectivity index (χ0v) is 23.5. The summed E-state index contributed by atoms with van der Waals surface area (Å²) in [5, 5.41) is 3.94. The Morgan fingerprint density at radius 1 is 1.07 bits per heavy atom. The molecule has 0 saturated carbocycles. The van der Waals surface area contributed by atoms with Crippen LogP contribution in [0.2, 0.25) is 0 Å². The number of nitrogens with zero attached hydrogens (tertiary/aromatic N) is 5. The van der Waals surface area contributed by atoms with E-state index >= 15 is 0 Å². The van der Waals surface area contributed by atoms with Gasteiger partial charge in [-0.15, -0.1) is 0 Å². The van der Waals surface area contributed by atoms with Gasteiger partial charge in [0.2, 0.25) is 11.8 Å². The van der Waals surface area contributed by atoms with E-state index in [1.807, 2.05) is 45.0 Å². The van der Waals surface area contributed by atoms with Crippen molar-refractivity contribution in [1.29, 1.82) is 0 Å². The molecule has 5 rings (SSSR count). The molecule has 3 heterocycles. The number of sulfonamides is 1. The number of carbonyl (C=O) groups is 1. The molecular formula is C28H30N6O5S. The fourth-order valence-electron chi connectivity index (χ4n) is 4.51. The van der Waals surface area contributed by atoms with Crippen LogP contribution in [0.15, 0.2) is 65.8 Å². The second-order valence-corrected chi connectivity index (χ2v) is 11.2. The van der Waals surface area contributed by atoms with Crippen molar-refractivity contribution in [2.75, 3.05) is 24.4 Å². The minimum absolute atomic E-state index is 0.0138. The van der Waals surface area contributed by atoms with Gasteiger partial charge in [-0.05, 0) is 50.1 Å². The molecule has 1 aliphatic rings. The van der Waals surface area contributed by atoms with Gasteiger partial charge in [-0.3, -0.25) is 9.48 Å². The fourth-order valence-corrected chi connectivity index (χ4v) is 5.44. The maximum Gasteiger partial charge on any atom is 0.267 e. The van der Waals surface area contributed by atoms with Crippen LogP contribution in [0, 0.1) is 13.8 Å². The summed E-state index contributed by atoms with van der Waals surface area (Å²) >= 11 is 0. The Morgan fingerprint density at radius 3 is 2.48 bits per heavy atom. The first-order valence-electron chi connectivity index (χ1n) is 12.8. The van der Waals surface area contributed by atoms with Crippen molar-refractivity contribution in [2.24, 2.45) is 7.05 Å². The van der Waals surface area contributed by atoms with Crippen molar-refractivity contribution in [1.82, 2.24) is 24.6 Å². The van der Waals surface area contributed by atoms with Crippen molar-refractivity contribution < 1.29 is 22.7 Å². The minimum Gasteiger partial charge on any atom is -0.494 e. The number of hydrogen-bond acceptors (Lipinski definition) is 8. The molecule has 208 valence electrons. The SMILES string of the molecule is CCOc1cccc(C(=O)N2CC(Oc3cc(-c4c(C)cccc4C)nc(NS(=O)(=O)c4cnn(C)c4)n3)C2)c1. The van der Waals surface area contributed by atoms with E-state index in [9.17, 15) is 13.2 Å². The molecule has 1 amide bonds. The van der Waals surface area contributed by atoms with Crippen LogP contribution in [0.5, 0.6) is 11.6 Å². The zero-order chi connectivity index (χ0) is 28.4. The summed E-state index contributed by atoms with van der Waals surface area (Å²) in [5.74, 6) is 0.596. The van der Waals surface area contributed by atoms with Crippen LogP contribution in [0.4, 0.5) is 5.95 Å². The average molecular weight is 563 g/mol. The number of ether oxygens (including phenoxy) is 2. The maximum absolute atomic E-state index is 13.0. The molecule has 0 spiro atoms. The molecule has 4 aromatic rings. The van der Waals surface area contributed by atoms with Gasteiger partial charge in [-0.2, -0.15) is 10.1 Å². The number of rotatable bonds is 9. The van der Waals surface area contributed by atoms with Gasteiger partial charge in [0.25, 0.3) is 15.9 Å². The average Bonchev–Trinajstić information content (AvgIpc) is 3.33. The van der Waals surface area contributed by atoms with Gasteiger partial charge in [0.1, 0.15) is 16.7 Å². The molecule has 40 heavy (non-hydrogen) atoms. The number of benzene rings is 2. The molecule has 0 aliphatic carbocycles. The highest BCUT2D eigenvalue weighted by molar-refractivity contribution is 7.92. The van der Waals surface area contributed by atoms with E-state index in [0.29, 0.717) is 36.7 Å². The fraction of sp³-hybridized carbons (Fsp3) is 0.286. The maximum atomic E-state index is 13.0. The molecule has 1 saturated heterocycles. The third kappa shape index (κ3) is 5.76. The number of carbonyl (C=O) groups excluding carboxylic acids is 1. The molecule has 12 heteroatoms. The first-order chi connectivity index (χ1) is 19.1. The lowest BCUT2D eigenvalue weighted by molar-refractivity contribution is 0.0160. The van der Waals surface area contributed by atoms with Gasteiger partial charge in [0, 0.05) is 30.4 Å². The Balaban J connectivity index is 1.38. The van der Waals surface area contributed by atoms with Crippen molar-refractivity contribution in [3.8, 4) is 22.9 Å². The summed E-state index contributed by atoms with van der Waals surface area (Å²) in [6, 6.07) is 14.6. The molecule has 1 aliphatic heterocycles. The number of amides is 1. The van der Waals surface area contributed by atoms with Crippen LogP contribution < -0.4 is 14.2 Å². The normalized spacial score (nSPS) is 13.6. The van der Waals surface area contributed by atoms with Crippen LogP contribution in [-0.4, -0.2) is 64.8 Å². The van der Waals surface area contributed by atoms with Crippen LogP contribution in [0.3, 0.4) is 0 Å². The lowest BCUT2D eigenvalue weighted by atomic mass is 10.00. The Hall–Kier alpha value is -4.45. The molecule has 0 bridgehead atoms. The van der Waals surface area contributed by atoms with Gasteiger partial charge in [-0.25, -0.2) is 18.1 Å². The predicted molar refractivity (Wildman–Crippen MR) is 149 cm³/mol. The summed E-state index contributed by atoms with van der Waals surface area (Å²) in [5.41, 5.74) is 3.86. The molecule has 11 nitrogen and oxygen atoms in total. The third-order valence-electron chi connectivity index (χ3n) is 6.47. The van der Waals surface area contributed by atoms with E-state index in [1.165, 1.54) is 17.1 Å². The van der Waals surface area contributed by atoms with E-state index < -0.39 is 10.0 Å². The van der Waals surface area contributed by atoms with Gasteiger partial charge in [0.05, 0.1) is 31.6 Å². The summed E-state index contributed by atoms with van der Waals surface area (Å²) in [7, 11) is -2.35. The highest BCUT2D eigenvalue weighted by Gasteiger charge is 2.33. The second kappa shape index (κ2) is 11.0. The van der Waals surface area contributed by atoms with Gasteiger partial charge < -0.3 is 14.4 Å². The minimum atomic E-state index is -3.98. The van der Waals surface area contributed by atoms with Gasteiger partial charge in [0.15, 0.2) is 0 Å². The number of anilines is 1. The van der Waals surface area contributed by atoms with Crippen LogP contribution in [0.1, 0.15) is 28.4 Å². The number of hydrogen-bond donors (Lipinski definition) is 1. The second-order valence-electron chi connectivity index (χ2n) is 9.55. The molecule has 1 fully saturated rings. The van der Waals surface area contributed by atoms with Crippen molar-refractivity contribution in [3.63, 3.8) is 0 Å². The monoisotopic (exact) mass is 562 g/mol. The number of likely N-dealkylation sites (tertiary alicyclic amines) is 1. The standard InChI is InChI=1S/C28H30N6O5S/c1-5-38-21-11-7-10-20(12-21)27(35)34-15-22(16-34)39-25-13-24(26-18(2)8-6-9-19(26)3)30-28(31-25)32-40(36,37)23-14-29-33(4)17-23/h6-14,17,22H,5,15-16H2,1-4H3,(H,30,31,32). The number of aryl methyl sites for hydroxylation is 3. The Labute approximate surface area is 232 Å². The molecule has 1 N–H and O–H groups in total. The lowest BCUT2D eigenvalue weighted by Gasteiger charge is -2.38. The van der Waals surface area contributed by atoms with E-state index in [1.54, 1.807) is 36.2 Å². The quantitative estimate of drug-likeness (QED) is 0.328. The van der Waals surface area contributed by atoms with Crippen molar-refractivity contribution in [3.05, 3.63) is 77.6 Å². The Bertz CT molecular complexity index is 1640. The summed E-state index contributed by atoms with van der Waals surface area (Å²) in [6.07, 6.45) is 2.32. The topological polar surface area (TPSA) is 129 Å². The van der Waals surface area contributed by atoms with Crippen LogP contribution in [-0.2, 0) is 17.1 Å². The van der Waals surface area contributed by atoms with Crippen molar-refractivity contribution in [2.45, 2.75) is 31.8 Å². The van der Waals surface area contributed by atoms with Crippen molar-refractivity contribution >= 4 is 21.9 Å². The molecule has 2 aromatic carbocycles. The smallest absolute Gasteiger partial charge is 0.267 e. The number of aromatic nitrogens is 4. The molecule has 2 aromatic heterocycles. The van der Waals surface area contributed by atoms with E-state index in [-0.39, 0.29) is 28.7 Å². The predicted octanol–water partition coefficient (Wildman–Crippen LogP) is 3.60. The van der Waals surface area contributed by atoms with E-state index in [0.717, 1.165) is 16.7 Å². The third-order valence-corrected chi connectivity index (χ3v) is 7.75. The molecule has 0 radical (unpaired) electrons. The lowest BCUT2D eigenvalue weighted by Crippen LogP contribution is -2.56. The first-order valence-corrected chi connectivity index (χ1v) is 14.3. The summed E-state index contributed by atoms with van der Waals surface area (Å²) in [4.78, 5) is 23.5. The highest BCUT2D eigenvalue weighted by Crippen LogP contribution is 2.30. The van der Waals surface area contributed by atoms with Gasteiger partial charge in [-0.1, -0.05) is 24.3 Å². The molecule has 0 unspecified atom stereocenters. The van der Waals surface area contributed by atoms with Crippen LogP contribution in [0.25, 0.3) is 11.3 Å². The Morgan fingerprint density at radius 2 is 1.80 bits per heavy atom. The summed E-state index contributed by atoms with van der Waals surface area (Å²) in [6.45, 7) is 7.04. The highest BCUT2D eigenvalue weighted by atomic mass is 32.2.